The van der Waals surface area contributed by atoms with Gasteiger partial charge >= 0.3 is 0 Å². The number of ether oxygens (including phenoxy) is 2. The number of rotatable bonds is 12. The molecule has 1 aliphatic heterocycles. The van der Waals surface area contributed by atoms with Gasteiger partial charge < -0.3 is 14.6 Å². The van der Waals surface area contributed by atoms with Crippen LogP contribution in [0, 0.1) is 0 Å². The van der Waals surface area contributed by atoms with Crippen molar-refractivity contribution in [1.82, 2.24) is 9.80 Å². The monoisotopic (exact) mass is 488 g/mol. The fourth-order valence-corrected chi connectivity index (χ4v) is 4.83. The Labute approximate surface area is 216 Å². The predicted octanol–water partition coefficient (Wildman–Crippen LogP) is 4.97. The number of aliphatic hydroxyl groups excluding tert-OH is 1. The Morgan fingerprint density at radius 1 is 0.722 bits per heavy atom. The highest BCUT2D eigenvalue weighted by Crippen LogP contribution is 2.29. The van der Waals surface area contributed by atoms with Gasteiger partial charge in [-0.15, -0.1) is 0 Å². The van der Waals surface area contributed by atoms with Crippen LogP contribution in [-0.2, 0) is 4.74 Å². The number of benzene rings is 3. The van der Waals surface area contributed by atoms with Crippen LogP contribution in [0.5, 0.6) is 5.75 Å². The Hall–Kier alpha value is -2.70. The molecule has 0 saturated carbocycles. The minimum Gasteiger partial charge on any atom is -0.491 e. The van der Waals surface area contributed by atoms with Crippen molar-refractivity contribution in [3.8, 4) is 5.75 Å². The van der Waals surface area contributed by atoms with E-state index >= 15 is 0 Å². The summed E-state index contributed by atoms with van der Waals surface area (Å²) in [6.07, 6.45) is -0.499. The molecule has 1 N–H and O–H groups in total. The summed E-state index contributed by atoms with van der Waals surface area (Å²) in [7, 11) is 0. The summed E-state index contributed by atoms with van der Waals surface area (Å²) in [6.45, 7) is 10.1. The van der Waals surface area contributed by atoms with Crippen molar-refractivity contribution in [3.63, 3.8) is 0 Å². The molecule has 4 rings (SSSR count). The third-order valence-corrected chi connectivity index (χ3v) is 6.83. The van der Waals surface area contributed by atoms with Crippen molar-refractivity contribution in [2.75, 3.05) is 52.5 Å². The van der Waals surface area contributed by atoms with E-state index in [4.69, 9.17) is 9.47 Å². The molecule has 192 valence electrons. The van der Waals surface area contributed by atoms with Gasteiger partial charge in [-0.1, -0.05) is 86.6 Å². The van der Waals surface area contributed by atoms with E-state index in [1.165, 1.54) is 16.7 Å². The van der Waals surface area contributed by atoms with Gasteiger partial charge in [-0.05, 0) is 34.7 Å². The average Bonchev–Trinajstić information content (AvgIpc) is 2.91. The lowest BCUT2D eigenvalue weighted by Crippen LogP contribution is -2.50. The summed E-state index contributed by atoms with van der Waals surface area (Å²) >= 11 is 0. The number of piperazine rings is 1. The number of hydrogen-bond acceptors (Lipinski definition) is 5. The van der Waals surface area contributed by atoms with Crippen LogP contribution < -0.4 is 4.74 Å². The van der Waals surface area contributed by atoms with Crippen LogP contribution in [0.4, 0.5) is 0 Å². The summed E-state index contributed by atoms with van der Waals surface area (Å²) in [6, 6.07) is 30.0. The fourth-order valence-electron chi connectivity index (χ4n) is 4.83. The molecule has 0 spiro atoms. The highest BCUT2D eigenvalue weighted by atomic mass is 16.5. The van der Waals surface area contributed by atoms with Gasteiger partial charge in [0, 0.05) is 32.7 Å². The summed E-state index contributed by atoms with van der Waals surface area (Å²) in [5.41, 5.74) is 3.95. The number of nitrogens with zero attached hydrogens (tertiary/aromatic N) is 2. The molecule has 1 heterocycles. The van der Waals surface area contributed by atoms with E-state index in [9.17, 15) is 5.11 Å². The summed E-state index contributed by atoms with van der Waals surface area (Å²) in [5.74, 6) is 1.37. The van der Waals surface area contributed by atoms with Gasteiger partial charge in [0.2, 0.25) is 0 Å². The zero-order chi connectivity index (χ0) is 25.2. The Kier molecular flexibility index (Phi) is 9.93. The largest absolute Gasteiger partial charge is 0.491 e. The zero-order valence-electron chi connectivity index (χ0n) is 21.6. The first kappa shape index (κ1) is 26.4. The first-order chi connectivity index (χ1) is 17.6. The van der Waals surface area contributed by atoms with Gasteiger partial charge in [0.15, 0.2) is 0 Å². The Morgan fingerprint density at radius 3 is 1.86 bits per heavy atom. The van der Waals surface area contributed by atoms with Crippen molar-refractivity contribution < 1.29 is 14.6 Å². The molecule has 3 aromatic carbocycles. The SMILES string of the molecule is CC(C)c1ccc(OCCOCC(O)CN2CCN(C(c3ccccc3)c3ccccc3)CC2)cc1. The van der Waals surface area contributed by atoms with Gasteiger partial charge in [0.1, 0.15) is 12.4 Å². The van der Waals surface area contributed by atoms with Gasteiger partial charge in [0.25, 0.3) is 0 Å². The summed E-state index contributed by atoms with van der Waals surface area (Å²) in [5, 5.41) is 10.5. The maximum absolute atomic E-state index is 10.5. The van der Waals surface area contributed by atoms with Crippen LogP contribution in [-0.4, -0.2) is 73.6 Å². The molecule has 1 fully saturated rings. The second-order valence-corrected chi connectivity index (χ2v) is 9.86. The highest BCUT2D eigenvalue weighted by Gasteiger charge is 2.27. The van der Waals surface area contributed by atoms with E-state index in [0.717, 1.165) is 31.9 Å². The minimum absolute atomic E-state index is 0.254. The third kappa shape index (κ3) is 7.65. The molecule has 1 aliphatic rings. The number of aliphatic hydroxyl groups is 1. The van der Waals surface area contributed by atoms with E-state index in [1.807, 2.05) is 12.1 Å². The highest BCUT2D eigenvalue weighted by molar-refractivity contribution is 5.32. The van der Waals surface area contributed by atoms with Crippen LogP contribution in [0.1, 0.15) is 42.5 Å². The van der Waals surface area contributed by atoms with Crippen LogP contribution in [0.2, 0.25) is 0 Å². The van der Waals surface area contributed by atoms with Crippen molar-refractivity contribution >= 4 is 0 Å². The standard InChI is InChI=1S/C31H40N2O3/c1-25(2)26-13-15-30(16-14-26)36-22-21-35-24-29(34)23-32-17-19-33(20-18-32)31(27-9-5-3-6-10-27)28-11-7-4-8-12-28/h3-16,25,29,31,34H,17-24H2,1-2H3. The van der Waals surface area contributed by atoms with Crippen molar-refractivity contribution in [3.05, 3.63) is 102 Å². The summed E-state index contributed by atoms with van der Waals surface area (Å²) < 4.78 is 11.4. The molecule has 1 unspecified atom stereocenters. The van der Waals surface area contributed by atoms with E-state index in [2.05, 4.69) is 96.4 Å². The Morgan fingerprint density at radius 2 is 1.31 bits per heavy atom. The van der Waals surface area contributed by atoms with Crippen LogP contribution in [0.15, 0.2) is 84.9 Å². The van der Waals surface area contributed by atoms with Gasteiger partial charge in [-0.25, -0.2) is 0 Å². The Balaban J connectivity index is 1.17. The molecule has 0 aromatic heterocycles. The average molecular weight is 489 g/mol. The van der Waals surface area contributed by atoms with E-state index < -0.39 is 6.10 Å². The molecule has 0 aliphatic carbocycles. The van der Waals surface area contributed by atoms with Crippen molar-refractivity contribution in [1.29, 1.82) is 0 Å². The minimum atomic E-state index is -0.499. The topological polar surface area (TPSA) is 45.2 Å². The van der Waals surface area contributed by atoms with Gasteiger partial charge in [-0.2, -0.15) is 0 Å². The first-order valence-corrected chi connectivity index (χ1v) is 13.1. The quantitative estimate of drug-likeness (QED) is 0.365. The van der Waals surface area contributed by atoms with Crippen LogP contribution >= 0.6 is 0 Å². The van der Waals surface area contributed by atoms with Crippen LogP contribution in [0.3, 0.4) is 0 Å². The molecular formula is C31H40N2O3. The van der Waals surface area contributed by atoms with E-state index in [0.29, 0.717) is 32.3 Å². The summed E-state index contributed by atoms with van der Waals surface area (Å²) in [4.78, 5) is 4.89. The molecule has 0 bridgehead atoms. The molecule has 1 saturated heterocycles. The molecule has 36 heavy (non-hydrogen) atoms. The molecular weight excluding hydrogens is 448 g/mol. The lowest BCUT2D eigenvalue weighted by atomic mass is 9.96. The predicted molar refractivity (Wildman–Crippen MR) is 146 cm³/mol. The normalized spacial score (nSPS) is 15.9. The van der Waals surface area contributed by atoms with Crippen LogP contribution in [0.25, 0.3) is 0 Å². The first-order valence-electron chi connectivity index (χ1n) is 13.1. The van der Waals surface area contributed by atoms with E-state index in [1.54, 1.807) is 0 Å². The van der Waals surface area contributed by atoms with Crippen molar-refractivity contribution in [2.45, 2.75) is 31.9 Å². The van der Waals surface area contributed by atoms with E-state index in [-0.39, 0.29) is 6.04 Å². The molecule has 5 nitrogen and oxygen atoms in total. The maximum atomic E-state index is 10.5. The van der Waals surface area contributed by atoms with Crippen molar-refractivity contribution in [2.24, 2.45) is 0 Å². The fraction of sp³-hybridized carbons (Fsp3) is 0.419. The van der Waals surface area contributed by atoms with Gasteiger partial charge in [-0.3, -0.25) is 9.80 Å². The molecule has 3 aromatic rings. The zero-order valence-corrected chi connectivity index (χ0v) is 21.6. The Bertz CT molecular complexity index is 964. The molecule has 0 amide bonds. The lowest BCUT2D eigenvalue weighted by Gasteiger charge is -2.40. The second kappa shape index (κ2) is 13.6. The molecule has 5 heteroatoms. The second-order valence-electron chi connectivity index (χ2n) is 9.86. The lowest BCUT2D eigenvalue weighted by molar-refractivity contribution is -0.00191. The number of hydrogen-bond donors (Lipinski definition) is 1. The molecule has 1 atom stereocenters. The van der Waals surface area contributed by atoms with Gasteiger partial charge in [0.05, 0.1) is 25.4 Å². The molecule has 0 radical (unpaired) electrons. The maximum Gasteiger partial charge on any atom is 0.119 e. The third-order valence-electron chi connectivity index (χ3n) is 6.83. The number of β-amino-alcohol motifs (C(OH)–C–C–N with tert-alkyl or cyclic N) is 1. The smallest absolute Gasteiger partial charge is 0.119 e.